The number of hydrogen-bond acceptors (Lipinski definition) is 3. The van der Waals surface area contributed by atoms with Crippen LogP contribution in [0.5, 0.6) is 0 Å². The lowest BCUT2D eigenvalue weighted by Gasteiger charge is -2.14. The Bertz CT molecular complexity index is 73.4. The number of nitrogens with one attached hydrogen (secondary N) is 1. The van der Waals surface area contributed by atoms with Gasteiger partial charge < -0.3 is 10.5 Å². The molecule has 0 aromatic rings. The summed E-state index contributed by atoms with van der Waals surface area (Å²) in [6.07, 6.45) is 1.06. The van der Waals surface area contributed by atoms with E-state index in [0.717, 1.165) is 19.5 Å². The number of halogens is 1. The van der Waals surface area contributed by atoms with Gasteiger partial charge in [-0.2, -0.15) is 5.06 Å². The number of likely N-dealkylation sites (N-methyl/N-ethyl adjacent to an activating group) is 1. The Morgan fingerprint density at radius 1 is 1.67 bits per heavy atom. The molecular formula is C5H13ClN2O. The standard InChI is InChI=1S/C5H12N2O.ClH/c1-7(8)5-2-3-6-4-5;/h5-6,8H,2-4H2,1H3;1H. The molecular weight excluding hydrogens is 140 g/mol. The molecule has 1 unspecified atom stereocenters. The fourth-order valence-corrected chi connectivity index (χ4v) is 0.958. The zero-order valence-corrected chi connectivity index (χ0v) is 6.32. The van der Waals surface area contributed by atoms with Gasteiger partial charge in [-0.1, -0.05) is 0 Å². The maximum Gasteiger partial charge on any atom is 0.0483 e. The molecule has 0 spiro atoms. The summed E-state index contributed by atoms with van der Waals surface area (Å²) in [5.41, 5.74) is 0. The van der Waals surface area contributed by atoms with Crippen LogP contribution in [0, 0.1) is 0 Å². The van der Waals surface area contributed by atoms with E-state index in [1.54, 1.807) is 7.05 Å². The zero-order valence-electron chi connectivity index (χ0n) is 5.50. The summed E-state index contributed by atoms with van der Waals surface area (Å²) in [4.78, 5) is 0. The van der Waals surface area contributed by atoms with Crippen molar-refractivity contribution in [1.29, 1.82) is 0 Å². The van der Waals surface area contributed by atoms with Gasteiger partial charge in [-0.3, -0.25) is 0 Å². The Morgan fingerprint density at radius 3 is 2.56 bits per heavy atom. The van der Waals surface area contributed by atoms with Crippen molar-refractivity contribution in [3.63, 3.8) is 0 Å². The molecule has 1 aliphatic rings. The third-order valence-electron chi connectivity index (χ3n) is 1.56. The molecule has 56 valence electrons. The maximum absolute atomic E-state index is 8.85. The highest BCUT2D eigenvalue weighted by Gasteiger charge is 2.16. The van der Waals surface area contributed by atoms with Gasteiger partial charge in [0, 0.05) is 19.6 Å². The van der Waals surface area contributed by atoms with Crippen LogP contribution in [0.2, 0.25) is 0 Å². The molecule has 3 nitrogen and oxygen atoms in total. The van der Waals surface area contributed by atoms with Gasteiger partial charge in [-0.05, 0) is 13.0 Å². The van der Waals surface area contributed by atoms with Crippen LogP contribution in [-0.2, 0) is 0 Å². The molecule has 0 aromatic carbocycles. The van der Waals surface area contributed by atoms with Crippen LogP contribution in [0.1, 0.15) is 6.42 Å². The minimum absolute atomic E-state index is 0. The molecule has 1 heterocycles. The third-order valence-corrected chi connectivity index (χ3v) is 1.56. The van der Waals surface area contributed by atoms with Crippen molar-refractivity contribution < 1.29 is 5.21 Å². The Morgan fingerprint density at radius 2 is 2.33 bits per heavy atom. The summed E-state index contributed by atoms with van der Waals surface area (Å²) in [5.74, 6) is 0. The van der Waals surface area contributed by atoms with Crippen molar-refractivity contribution in [3.05, 3.63) is 0 Å². The first kappa shape index (κ1) is 9.17. The number of hydrogen-bond donors (Lipinski definition) is 2. The Labute approximate surface area is 61.4 Å². The Kier molecular flexibility index (Phi) is 4.14. The molecule has 0 aliphatic carbocycles. The van der Waals surface area contributed by atoms with Crippen LogP contribution in [0.4, 0.5) is 0 Å². The van der Waals surface area contributed by atoms with E-state index in [-0.39, 0.29) is 12.4 Å². The van der Waals surface area contributed by atoms with E-state index in [1.807, 2.05) is 0 Å². The van der Waals surface area contributed by atoms with E-state index in [4.69, 9.17) is 5.21 Å². The lowest BCUT2D eigenvalue weighted by Crippen LogP contribution is -2.30. The molecule has 1 fully saturated rings. The lowest BCUT2D eigenvalue weighted by molar-refractivity contribution is -0.0958. The molecule has 1 saturated heterocycles. The van der Waals surface area contributed by atoms with Gasteiger partial charge in [0.25, 0.3) is 0 Å². The van der Waals surface area contributed by atoms with Gasteiger partial charge in [0.1, 0.15) is 0 Å². The van der Waals surface area contributed by atoms with Crippen molar-refractivity contribution in [2.24, 2.45) is 0 Å². The molecule has 0 radical (unpaired) electrons. The lowest BCUT2D eigenvalue weighted by atomic mass is 10.3. The molecule has 0 saturated carbocycles. The van der Waals surface area contributed by atoms with E-state index in [2.05, 4.69) is 5.32 Å². The van der Waals surface area contributed by atoms with Crippen LogP contribution < -0.4 is 5.32 Å². The Hall–Kier alpha value is 0.170. The smallest absolute Gasteiger partial charge is 0.0483 e. The fourth-order valence-electron chi connectivity index (χ4n) is 0.958. The third kappa shape index (κ3) is 2.49. The summed E-state index contributed by atoms with van der Waals surface area (Å²) >= 11 is 0. The van der Waals surface area contributed by atoms with E-state index in [1.165, 1.54) is 5.06 Å². The van der Waals surface area contributed by atoms with Crippen molar-refractivity contribution in [1.82, 2.24) is 10.4 Å². The zero-order chi connectivity index (χ0) is 5.98. The second-order valence-corrected chi connectivity index (χ2v) is 2.22. The highest BCUT2D eigenvalue weighted by Crippen LogP contribution is 2.01. The molecule has 0 amide bonds. The molecule has 1 rings (SSSR count). The first-order valence-corrected chi connectivity index (χ1v) is 2.93. The maximum atomic E-state index is 8.85. The van der Waals surface area contributed by atoms with E-state index in [0.29, 0.717) is 6.04 Å². The predicted octanol–water partition coefficient (Wildman–Crippen LogP) is 0.0911. The van der Waals surface area contributed by atoms with Crippen LogP contribution in [-0.4, -0.2) is 36.4 Å². The van der Waals surface area contributed by atoms with Crippen molar-refractivity contribution in [2.75, 3.05) is 20.1 Å². The summed E-state index contributed by atoms with van der Waals surface area (Å²) in [7, 11) is 1.69. The largest absolute Gasteiger partial charge is 0.315 e. The van der Waals surface area contributed by atoms with Gasteiger partial charge in [0.2, 0.25) is 0 Å². The second kappa shape index (κ2) is 4.06. The van der Waals surface area contributed by atoms with Crippen LogP contribution >= 0.6 is 12.4 Å². The first-order valence-electron chi connectivity index (χ1n) is 2.93. The van der Waals surface area contributed by atoms with E-state index in [9.17, 15) is 0 Å². The van der Waals surface area contributed by atoms with Gasteiger partial charge in [0.15, 0.2) is 0 Å². The minimum Gasteiger partial charge on any atom is -0.315 e. The quantitative estimate of drug-likeness (QED) is 0.523. The van der Waals surface area contributed by atoms with Crippen molar-refractivity contribution >= 4 is 12.4 Å². The highest BCUT2D eigenvalue weighted by molar-refractivity contribution is 5.85. The summed E-state index contributed by atoms with van der Waals surface area (Å²) in [5, 5.41) is 13.3. The first-order chi connectivity index (χ1) is 3.80. The van der Waals surface area contributed by atoms with Gasteiger partial charge in [0.05, 0.1) is 0 Å². The van der Waals surface area contributed by atoms with Crippen molar-refractivity contribution in [3.8, 4) is 0 Å². The van der Waals surface area contributed by atoms with Crippen molar-refractivity contribution in [2.45, 2.75) is 12.5 Å². The highest BCUT2D eigenvalue weighted by atomic mass is 35.5. The van der Waals surface area contributed by atoms with Gasteiger partial charge in [-0.15, -0.1) is 12.4 Å². The number of hydroxylamine groups is 2. The Balaban J connectivity index is 0.000000640. The molecule has 1 aliphatic heterocycles. The SMILES string of the molecule is CN(O)C1CCNC1.Cl. The molecule has 1 atom stereocenters. The summed E-state index contributed by atoms with van der Waals surface area (Å²) in [6, 6.07) is 0.343. The van der Waals surface area contributed by atoms with E-state index >= 15 is 0 Å². The normalized spacial score (nSPS) is 26.3. The second-order valence-electron chi connectivity index (χ2n) is 2.22. The van der Waals surface area contributed by atoms with E-state index < -0.39 is 0 Å². The van der Waals surface area contributed by atoms with Gasteiger partial charge in [-0.25, -0.2) is 0 Å². The number of nitrogens with zero attached hydrogens (tertiary/aromatic N) is 1. The monoisotopic (exact) mass is 152 g/mol. The fraction of sp³-hybridized carbons (Fsp3) is 1.00. The average Bonchev–Trinajstić information content (AvgIpc) is 2.12. The summed E-state index contributed by atoms with van der Waals surface area (Å²) < 4.78 is 0. The molecule has 4 heteroatoms. The molecule has 9 heavy (non-hydrogen) atoms. The van der Waals surface area contributed by atoms with Crippen LogP contribution in [0.25, 0.3) is 0 Å². The summed E-state index contributed by atoms with van der Waals surface area (Å²) in [6.45, 7) is 1.96. The molecule has 0 aromatic heterocycles. The minimum atomic E-state index is 0. The van der Waals surface area contributed by atoms with Gasteiger partial charge >= 0.3 is 0 Å². The predicted molar refractivity (Wildman–Crippen MR) is 38.1 cm³/mol. The average molecular weight is 153 g/mol. The molecule has 2 N–H and O–H groups in total. The topological polar surface area (TPSA) is 35.5 Å². The van der Waals surface area contributed by atoms with Crippen LogP contribution in [0.3, 0.4) is 0 Å². The molecule has 0 bridgehead atoms. The van der Waals surface area contributed by atoms with Crippen LogP contribution in [0.15, 0.2) is 0 Å². The number of rotatable bonds is 1.